The van der Waals surface area contributed by atoms with E-state index in [0.29, 0.717) is 0 Å². The Balaban J connectivity index is 1.85. The van der Waals surface area contributed by atoms with Crippen molar-refractivity contribution in [1.82, 2.24) is 0 Å². The van der Waals surface area contributed by atoms with Crippen molar-refractivity contribution in [3.63, 3.8) is 0 Å². The highest BCUT2D eigenvalue weighted by molar-refractivity contribution is 5.58. The summed E-state index contributed by atoms with van der Waals surface area (Å²) < 4.78 is 5.80. The first kappa shape index (κ1) is 15.5. The Labute approximate surface area is 149 Å². The van der Waals surface area contributed by atoms with E-state index in [1.807, 2.05) is 0 Å². The minimum Gasteiger partial charge on any atom is -0.499 e. The van der Waals surface area contributed by atoms with E-state index >= 15 is 0 Å². The zero-order valence-corrected chi connectivity index (χ0v) is 14.2. The summed E-state index contributed by atoms with van der Waals surface area (Å²) in [6.45, 7) is 0. The Morgan fingerprint density at radius 2 is 1.20 bits per heavy atom. The van der Waals surface area contributed by atoms with Crippen LogP contribution in [0.1, 0.15) is 23.2 Å². The fourth-order valence-electron chi connectivity index (χ4n) is 3.58. The molecule has 1 heterocycles. The van der Waals surface area contributed by atoms with Gasteiger partial charge < -0.3 is 9.64 Å². The number of rotatable bonds is 4. The van der Waals surface area contributed by atoms with Gasteiger partial charge in [-0.1, -0.05) is 78.9 Å². The van der Waals surface area contributed by atoms with Crippen molar-refractivity contribution in [2.45, 2.75) is 12.1 Å². The Hall–Kier alpha value is -3.00. The molecule has 0 bridgehead atoms. The van der Waals surface area contributed by atoms with Crippen molar-refractivity contribution in [3.05, 3.63) is 114 Å². The first-order valence-corrected chi connectivity index (χ1v) is 8.57. The Kier molecular flexibility index (Phi) is 4.26. The number of nitrogens with zero attached hydrogens (tertiary/aromatic N) is 1. The van der Waals surface area contributed by atoms with Crippen LogP contribution in [-0.2, 0) is 4.74 Å². The summed E-state index contributed by atoms with van der Waals surface area (Å²) in [5.41, 5.74) is 3.69. The molecule has 3 aromatic rings. The maximum Gasteiger partial charge on any atom is 0.121 e. The summed E-state index contributed by atoms with van der Waals surface area (Å²) in [4.78, 5) is 2.43. The van der Waals surface area contributed by atoms with Gasteiger partial charge in [-0.15, -0.1) is 0 Å². The quantitative estimate of drug-likeness (QED) is 0.625. The lowest BCUT2D eigenvalue weighted by Crippen LogP contribution is -2.28. The maximum absolute atomic E-state index is 5.80. The molecule has 0 aliphatic carbocycles. The zero-order chi connectivity index (χ0) is 17.1. The lowest BCUT2D eigenvalue weighted by Gasteiger charge is -2.34. The van der Waals surface area contributed by atoms with E-state index in [1.165, 1.54) is 16.8 Å². The maximum atomic E-state index is 5.80. The molecule has 0 radical (unpaired) electrons. The second kappa shape index (κ2) is 6.86. The molecule has 0 N–H and O–H groups in total. The molecule has 0 amide bonds. The molecular weight excluding hydrogens is 306 g/mol. The van der Waals surface area contributed by atoms with E-state index in [0.717, 1.165) is 5.76 Å². The second-order valence-electron chi connectivity index (χ2n) is 6.18. The summed E-state index contributed by atoms with van der Waals surface area (Å²) in [6.07, 6.45) is 2.24. The normalized spacial score (nSPS) is 19.6. The molecule has 4 rings (SSSR count). The van der Waals surface area contributed by atoms with Gasteiger partial charge >= 0.3 is 0 Å². The molecule has 2 nitrogen and oxygen atoms in total. The monoisotopic (exact) mass is 327 g/mol. The van der Waals surface area contributed by atoms with E-state index < -0.39 is 0 Å². The largest absolute Gasteiger partial charge is 0.499 e. The van der Waals surface area contributed by atoms with Crippen LogP contribution in [0.15, 0.2) is 103 Å². The Bertz CT molecular complexity index is 843. The predicted octanol–water partition coefficient (Wildman–Crippen LogP) is 5.52. The number of hydrogen-bond donors (Lipinski definition) is 0. The average Bonchev–Trinajstić information content (AvgIpc) is 3.10. The lowest BCUT2D eigenvalue weighted by atomic mass is 10.0. The Morgan fingerprint density at radius 1 is 0.680 bits per heavy atom. The van der Waals surface area contributed by atoms with Crippen molar-refractivity contribution in [1.29, 1.82) is 0 Å². The summed E-state index contributed by atoms with van der Waals surface area (Å²) in [7, 11) is 1.76. The molecule has 0 aromatic heterocycles. The van der Waals surface area contributed by atoms with Gasteiger partial charge in [0.05, 0.1) is 13.2 Å². The number of para-hydroxylation sites is 1. The van der Waals surface area contributed by atoms with Crippen LogP contribution in [0.4, 0.5) is 5.69 Å². The molecule has 3 aromatic carbocycles. The molecular formula is C23H21NO. The van der Waals surface area contributed by atoms with E-state index in [1.54, 1.807) is 7.11 Å². The number of anilines is 1. The SMILES string of the molecule is COC1=CC(c2ccccc2)N(c2ccccc2)C1c1ccccc1. The van der Waals surface area contributed by atoms with E-state index in [9.17, 15) is 0 Å². The van der Waals surface area contributed by atoms with Crippen LogP contribution in [0.5, 0.6) is 0 Å². The van der Waals surface area contributed by atoms with Crippen LogP contribution in [0.3, 0.4) is 0 Å². The Morgan fingerprint density at radius 3 is 1.76 bits per heavy atom. The number of methoxy groups -OCH3 is 1. The van der Waals surface area contributed by atoms with Crippen LogP contribution in [0.25, 0.3) is 0 Å². The second-order valence-corrected chi connectivity index (χ2v) is 6.18. The minimum atomic E-state index is 0.0683. The van der Waals surface area contributed by atoms with E-state index in [2.05, 4.69) is 102 Å². The summed E-state index contributed by atoms with van der Waals surface area (Å²) in [5, 5.41) is 0. The van der Waals surface area contributed by atoms with Crippen molar-refractivity contribution in [2.24, 2.45) is 0 Å². The molecule has 0 spiro atoms. The molecule has 1 aliphatic heterocycles. The third-order valence-electron chi connectivity index (χ3n) is 4.72. The fraction of sp³-hybridized carbons (Fsp3) is 0.130. The summed E-state index contributed by atoms with van der Waals surface area (Å²) in [5.74, 6) is 0.990. The van der Waals surface area contributed by atoms with Crippen LogP contribution in [0, 0.1) is 0 Å². The lowest BCUT2D eigenvalue weighted by molar-refractivity contribution is 0.270. The average molecular weight is 327 g/mol. The highest BCUT2D eigenvalue weighted by Crippen LogP contribution is 2.46. The van der Waals surface area contributed by atoms with Crippen molar-refractivity contribution < 1.29 is 4.74 Å². The molecule has 2 heteroatoms. The van der Waals surface area contributed by atoms with Gasteiger partial charge in [-0.05, 0) is 29.3 Å². The smallest absolute Gasteiger partial charge is 0.121 e. The highest BCUT2D eigenvalue weighted by Gasteiger charge is 2.37. The van der Waals surface area contributed by atoms with Crippen LogP contribution in [0.2, 0.25) is 0 Å². The molecule has 2 atom stereocenters. The molecule has 25 heavy (non-hydrogen) atoms. The van der Waals surface area contributed by atoms with Crippen LogP contribution in [-0.4, -0.2) is 7.11 Å². The third-order valence-corrected chi connectivity index (χ3v) is 4.72. The van der Waals surface area contributed by atoms with Crippen LogP contribution >= 0.6 is 0 Å². The van der Waals surface area contributed by atoms with Gasteiger partial charge in [0.1, 0.15) is 11.8 Å². The summed E-state index contributed by atoms with van der Waals surface area (Å²) >= 11 is 0. The van der Waals surface area contributed by atoms with Gasteiger partial charge in [-0.3, -0.25) is 0 Å². The van der Waals surface area contributed by atoms with Gasteiger partial charge in [0, 0.05) is 5.69 Å². The number of hydrogen-bond acceptors (Lipinski definition) is 2. The third kappa shape index (κ3) is 2.91. The van der Waals surface area contributed by atoms with Crippen molar-refractivity contribution >= 4 is 5.69 Å². The van der Waals surface area contributed by atoms with Gasteiger partial charge in [-0.2, -0.15) is 0 Å². The van der Waals surface area contributed by atoms with E-state index in [4.69, 9.17) is 4.74 Å². The van der Waals surface area contributed by atoms with Crippen molar-refractivity contribution in [3.8, 4) is 0 Å². The highest BCUT2D eigenvalue weighted by atomic mass is 16.5. The van der Waals surface area contributed by atoms with Gasteiger partial charge in [0.25, 0.3) is 0 Å². The fourth-order valence-corrected chi connectivity index (χ4v) is 3.58. The summed E-state index contributed by atoms with van der Waals surface area (Å²) in [6, 6.07) is 31.9. The topological polar surface area (TPSA) is 12.5 Å². The predicted molar refractivity (Wildman–Crippen MR) is 102 cm³/mol. The standard InChI is InChI=1S/C23H21NO/c1-25-22-17-21(18-11-5-2-6-12-18)24(20-15-9-4-10-16-20)23(22)19-13-7-3-8-14-19/h2-17,21,23H,1H3. The molecule has 1 aliphatic rings. The first-order chi connectivity index (χ1) is 12.4. The molecule has 124 valence electrons. The number of ether oxygens (including phenoxy) is 1. The zero-order valence-electron chi connectivity index (χ0n) is 14.2. The van der Waals surface area contributed by atoms with Gasteiger partial charge in [0.15, 0.2) is 0 Å². The van der Waals surface area contributed by atoms with E-state index in [-0.39, 0.29) is 12.1 Å². The van der Waals surface area contributed by atoms with Gasteiger partial charge in [-0.25, -0.2) is 0 Å². The first-order valence-electron chi connectivity index (χ1n) is 8.57. The number of benzene rings is 3. The minimum absolute atomic E-state index is 0.0683. The molecule has 0 saturated carbocycles. The van der Waals surface area contributed by atoms with Crippen LogP contribution < -0.4 is 4.90 Å². The molecule has 0 saturated heterocycles. The van der Waals surface area contributed by atoms with Gasteiger partial charge in [0.2, 0.25) is 0 Å². The molecule has 0 fully saturated rings. The van der Waals surface area contributed by atoms with Crippen molar-refractivity contribution in [2.75, 3.05) is 12.0 Å². The molecule has 2 unspecified atom stereocenters.